The van der Waals surface area contributed by atoms with Crippen LogP contribution < -0.4 is 0 Å². The van der Waals surface area contributed by atoms with Gasteiger partial charge >= 0.3 is 5.97 Å². The topological polar surface area (TPSA) is 82.0 Å². The highest BCUT2D eigenvalue weighted by Gasteiger charge is 2.49. The summed E-state index contributed by atoms with van der Waals surface area (Å²) >= 11 is 0. The van der Waals surface area contributed by atoms with E-state index in [1.54, 1.807) is 25.1 Å². The summed E-state index contributed by atoms with van der Waals surface area (Å²) in [4.78, 5) is 21.7. The monoisotopic (exact) mass is 237 g/mol. The summed E-state index contributed by atoms with van der Waals surface area (Å²) in [6.07, 6.45) is -1.27. The average Bonchev–Trinajstić information content (AvgIpc) is 3.09. The number of nitrogens with zero attached hydrogens (tertiary/aromatic N) is 1. The Bertz CT molecular complexity index is 459. The summed E-state index contributed by atoms with van der Waals surface area (Å²) < 4.78 is 9.91. The summed E-state index contributed by atoms with van der Waals surface area (Å²) in [6.45, 7) is 1.96. The van der Waals surface area contributed by atoms with E-state index >= 15 is 0 Å². The molecule has 1 saturated heterocycles. The van der Waals surface area contributed by atoms with Gasteiger partial charge < -0.3 is 9.47 Å². The Kier molecular flexibility index (Phi) is 3.06. The fourth-order valence-electron chi connectivity index (χ4n) is 1.65. The normalized spacial score (nSPS) is 21.9. The maximum atomic E-state index is 11.4. The summed E-state index contributed by atoms with van der Waals surface area (Å²) in [5, 5.41) is 10.8. The number of epoxide rings is 1. The molecule has 0 spiro atoms. The number of ether oxygens (including phenoxy) is 2. The van der Waals surface area contributed by atoms with Crippen LogP contribution in [0, 0.1) is 10.1 Å². The fraction of sp³-hybridized carbons (Fsp3) is 0.364. The van der Waals surface area contributed by atoms with Gasteiger partial charge in [-0.3, -0.25) is 10.1 Å². The molecule has 6 heteroatoms. The zero-order valence-electron chi connectivity index (χ0n) is 9.16. The van der Waals surface area contributed by atoms with Crippen molar-refractivity contribution in [2.45, 2.75) is 19.1 Å². The number of nitro groups is 1. The summed E-state index contributed by atoms with van der Waals surface area (Å²) in [7, 11) is 0. The van der Waals surface area contributed by atoms with Crippen LogP contribution in [0.4, 0.5) is 5.69 Å². The first-order chi connectivity index (χ1) is 8.15. The predicted molar refractivity (Wildman–Crippen MR) is 57.3 cm³/mol. The number of carbonyl (C=O) groups excluding carboxylic acids is 1. The Morgan fingerprint density at radius 1 is 1.53 bits per heavy atom. The van der Waals surface area contributed by atoms with Crippen molar-refractivity contribution in [3.8, 4) is 0 Å². The van der Waals surface area contributed by atoms with E-state index in [1.165, 1.54) is 6.07 Å². The summed E-state index contributed by atoms with van der Waals surface area (Å²) in [5.41, 5.74) is 0.375. The highest BCUT2D eigenvalue weighted by molar-refractivity contribution is 5.78. The van der Waals surface area contributed by atoms with E-state index in [2.05, 4.69) is 0 Å². The maximum absolute atomic E-state index is 11.4. The van der Waals surface area contributed by atoms with Gasteiger partial charge in [-0.25, -0.2) is 4.79 Å². The zero-order chi connectivity index (χ0) is 12.4. The number of nitro benzene ring substituents is 1. The second-order valence-electron chi connectivity index (χ2n) is 3.55. The van der Waals surface area contributed by atoms with Crippen molar-refractivity contribution in [1.29, 1.82) is 0 Å². The number of esters is 1. The van der Waals surface area contributed by atoms with E-state index in [-0.39, 0.29) is 12.3 Å². The van der Waals surface area contributed by atoms with Crippen molar-refractivity contribution >= 4 is 11.7 Å². The number of hydrogen-bond donors (Lipinski definition) is 0. The van der Waals surface area contributed by atoms with E-state index in [4.69, 9.17) is 9.47 Å². The molecule has 0 bridgehead atoms. The van der Waals surface area contributed by atoms with Gasteiger partial charge in [0.25, 0.3) is 5.69 Å². The molecule has 1 aromatic carbocycles. The van der Waals surface area contributed by atoms with Crippen molar-refractivity contribution in [2.24, 2.45) is 0 Å². The minimum atomic E-state index is -0.712. The third-order valence-electron chi connectivity index (χ3n) is 2.45. The minimum Gasteiger partial charge on any atom is -0.464 e. The Morgan fingerprint density at radius 2 is 2.24 bits per heavy atom. The maximum Gasteiger partial charge on any atom is 0.338 e. The molecule has 17 heavy (non-hydrogen) atoms. The summed E-state index contributed by atoms with van der Waals surface area (Å²) in [5.74, 6) is -0.476. The van der Waals surface area contributed by atoms with Crippen LogP contribution in [-0.2, 0) is 14.3 Å². The van der Waals surface area contributed by atoms with Crippen molar-refractivity contribution in [3.05, 3.63) is 39.9 Å². The van der Waals surface area contributed by atoms with Crippen LogP contribution in [0.1, 0.15) is 18.6 Å². The van der Waals surface area contributed by atoms with E-state index < -0.39 is 23.1 Å². The van der Waals surface area contributed by atoms with Crippen LogP contribution in [0.25, 0.3) is 0 Å². The second-order valence-corrected chi connectivity index (χ2v) is 3.55. The molecule has 0 radical (unpaired) electrons. The molecule has 0 amide bonds. The lowest BCUT2D eigenvalue weighted by atomic mass is 10.1. The smallest absolute Gasteiger partial charge is 0.338 e. The van der Waals surface area contributed by atoms with Gasteiger partial charge in [-0.15, -0.1) is 0 Å². The lowest BCUT2D eigenvalue weighted by Crippen LogP contribution is -2.12. The van der Waals surface area contributed by atoms with Crippen LogP contribution in [0.3, 0.4) is 0 Å². The van der Waals surface area contributed by atoms with Crippen LogP contribution in [0.5, 0.6) is 0 Å². The molecule has 1 aromatic rings. The Morgan fingerprint density at radius 3 is 2.88 bits per heavy atom. The van der Waals surface area contributed by atoms with Gasteiger partial charge in [0.05, 0.1) is 17.1 Å². The molecule has 0 aromatic heterocycles. The van der Waals surface area contributed by atoms with E-state index in [1.807, 2.05) is 0 Å². The third-order valence-corrected chi connectivity index (χ3v) is 2.45. The molecule has 1 aliphatic heterocycles. The van der Waals surface area contributed by atoms with Crippen LogP contribution >= 0.6 is 0 Å². The Balaban J connectivity index is 2.16. The fourth-order valence-corrected chi connectivity index (χ4v) is 1.65. The molecule has 0 unspecified atom stereocenters. The average molecular weight is 237 g/mol. The van der Waals surface area contributed by atoms with Crippen molar-refractivity contribution < 1.29 is 19.2 Å². The van der Waals surface area contributed by atoms with Crippen molar-refractivity contribution in [1.82, 2.24) is 0 Å². The number of carbonyl (C=O) groups is 1. The van der Waals surface area contributed by atoms with Gasteiger partial charge in [-0.1, -0.05) is 12.1 Å². The van der Waals surface area contributed by atoms with Gasteiger partial charge in [0.15, 0.2) is 6.10 Å². The van der Waals surface area contributed by atoms with Gasteiger partial charge in [-0.2, -0.15) is 0 Å². The number of hydrogen-bond acceptors (Lipinski definition) is 5. The Hall–Kier alpha value is -1.95. The van der Waals surface area contributed by atoms with Gasteiger partial charge in [0, 0.05) is 6.07 Å². The molecule has 0 aliphatic carbocycles. The van der Waals surface area contributed by atoms with Crippen molar-refractivity contribution in [2.75, 3.05) is 6.61 Å². The molecule has 1 fully saturated rings. The molecule has 1 aliphatic rings. The molecule has 1 heterocycles. The van der Waals surface area contributed by atoms with Crippen LogP contribution in [0.15, 0.2) is 24.3 Å². The first-order valence-corrected chi connectivity index (χ1v) is 5.20. The Labute approximate surface area is 97.3 Å². The van der Waals surface area contributed by atoms with Gasteiger partial charge in [0.1, 0.15) is 6.10 Å². The van der Waals surface area contributed by atoms with Crippen LogP contribution in [0.2, 0.25) is 0 Å². The minimum absolute atomic E-state index is 0.0377. The molecule has 2 atom stereocenters. The second kappa shape index (κ2) is 4.50. The lowest BCUT2D eigenvalue weighted by molar-refractivity contribution is -0.385. The molecular weight excluding hydrogens is 226 g/mol. The zero-order valence-corrected chi connectivity index (χ0v) is 9.16. The third kappa shape index (κ3) is 2.26. The first kappa shape index (κ1) is 11.5. The number of rotatable bonds is 4. The van der Waals surface area contributed by atoms with Gasteiger partial charge in [-0.05, 0) is 13.0 Å². The van der Waals surface area contributed by atoms with Gasteiger partial charge in [0.2, 0.25) is 0 Å². The predicted octanol–water partition coefficient (Wildman–Crippen LogP) is 1.60. The summed E-state index contributed by atoms with van der Waals surface area (Å²) in [6, 6.07) is 6.22. The van der Waals surface area contributed by atoms with E-state index in [0.717, 1.165) is 0 Å². The SMILES string of the molecule is CCOC(=O)[C@H]1O[C@H]1c1ccccc1[N+](=O)[O-]. The van der Waals surface area contributed by atoms with Crippen LogP contribution in [-0.4, -0.2) is 23.6 Å². The molecule has 0 N–H and O–H groups in total. The molecule has 0 saturated carbocycles. The largest absolute Gasteiger partial charge is 0.464 e. The molecule has 90 valence electrons. The van der Waals surface area contributed by atoms with Crippen molar-refractivity contribution in [3.63, 3.8) is 0 Å². The highest BCUT2D eigenvalue weighted by Crippen LogP contribution is 2.43. The number of benzene rings is 1. The lowest BCUT2D eigenvalue weighted by Gasteiger charge is -1.99. The standard InChI is InChI=1S/C11H11NO5/c1-2-16-11(13)10-9(17-10)7-5-3-4-6-8(7)12(14)15/h3-6,9-10H,2H2,1H3/t9-,10-/m0/s1. The molecule has 2 rings (SSSR count). The quantitative estimate of drug-likeness (QED) is 0.344. The number of para-hydroxylation sites is 1. The van der Waals surface area contributed by atoms with E-state index in [0.29, 0.717) is 5.56 Å². The van der Waals surface area contributed by atoms with E-state index in [9.17, 15) is 14.9 Å². The first-order valence-electron chi connectivity index (χ1n) is 5.20. The highest BCUT2D eigenvalue weighted by atomic mass is 16.6. The molecule has 6 nitrogen and oxygen atoms in total. The molecular formula is C11H11NO5.